The van der Waals surface area contributed by atoms with Crippen LogP contribution in [0.15, 0.2) is 110 Å². The van der Waals surface area contributed by atoms with Gasteiger partial charge in [0.2, 0.25) is 0 Å². The van der Waals surface area contributed by atoms with E-state index in [1.54, 1.807) is 17.0 Å². The van der Waals surface area contributed by atoms with Gasteiger partial charge in [0.15, 0.2) is 5.17 Å². The molecule has 4 aromatic rings. The molecule has 206 valence electrons. The Morgan fingerprint density at radius 2 is 1.66 bits per heavy atom. The Bertz CT molecular complexity index is 1650. The number of aliphatic imine (C=N–C) groups is 1. The van der Waals surface area contributed by atoms with Gasteiger partial charge < -0.3 is 9.84 Å². The number of thioether (sulfide) groups is 1. The van der Waals surface area contributed by atoms with Gasteiger partial charge in [-0.15, -0.1) is 0 Å². The quantitative estimate of drug-likeness (QED) is 0.187. The molecule has 0 bridgehead atoms. The molecular weight excluding hydrogens is 668 g/mol. The fourth-order valence-corrected chi connectivity index (χ4v) is 6.64. The number of halogens is 2. The average molecular weight is 692 g/mol. The van der Waals surface area contributed by atoms with Crippen LogP contribution in [0.5, 0.6) is 5.75 Å². The van der Waals surface area contributed by atoms with Gasteiger partial charge in [-0.3, -0.25) is 9.69 Å². The lowest BCUT2D eigenvalue weighted by molar-refractivity contribution is -0.122. The molecule has 0 spiro atoms. The van der Waals surface area contributed by atoms with Crippen molar-refractivity contribution in [3.8, 4) is 5.75 Å². The monoisotopic (exact) mass is 690 g/mol. The highest BCUT2D eigenvalue weighted by molar-refractivity contribution is 9.11. The predicted molar refractivity (Wildman–Crippen MR) is 170 cm³/mol. The second kappa shape index (κ2) is 12.9. The molecule has 1 saturated heterocycles. The van der Waals surface area contributed by atoms with Crippen molar-refractivity contribution >= 4 is 72.4 Å². The van der Waals surface area contributed by atoms with E-state index in [1.807, 2.05) is 73.7 Å². The molecule has 5 rings (SSSR count). The highest BCUT2D eigenvalue weighted by Gasteiger charge is 2.33. The Labute approximate surface area is 259 Å². The van der Waals surface area contributed by atoms with E-state index in [1.165, 1.54) is 29.5 Å². The van der Waals surface area contributed by atoms with Gasteiger partial charge in [0.05, 0.1) is 31.6 Å². The van der Waals surface area contributed by atoms with Crippen LogP contribution in [0.2, 0.25) is 0 Å². The molecule has 1 fully saturated rings. The van der Waals surface area contributed by atoms with E-state index >= 15 is 0 Å². The van der Waals surface area contributed by atoms with Crippen LogP contribution in [0.4, 0.5) is 5.69 Å². The predicted octanol–water partition coefficient (Wildman–Crippen LogP) is 8.60. The number of carboxylic acids is 1. The van der Waals surface area contributed by atoms with Crippen molar-refractivity contribution < 1.29 is 19.4 Å². The molecule has 0 aliphatic carbocycles. The number of aromatic carboxylic acids is 1. The molecule has 1 aliphatic rings. The van der Waals surface area contributed by atoms with E-state index in [2.05, 4.69) is 37.9 Å². The second-order valence-electron chi connectivity index (χ2n) is 9.33. The first-order valence-corrected chi connectivity index (χ1v) is 15.0. The fraction of sp³-hybridized carbons (Fsp3) is 0.0938. The van der Waals surface area contributed by atoms with Gasteiger partial charge in [0.1, 0.15) is 12.4 Å². The number of carbonyl (C=O) groups is 2. The Morgan fingerprint density at radius 1 is 0.951 bits per heavy atom. The molecule has 0 saturated carbocycles. The lowest BCUT2D eigenvalue weighted by Gasteiger charge is -2.16. The molecule has 6 nitrogen and oxygen atoms in total. The topological polar surface area (TPSA) is 79.2 Å². The van der Waals surface area contributed by atoms with E-state index in [4.69, 9.17) is 9.73 Å². The molecule has 9 heteroatoms. The molecule has 0 radical (unpaired) electrons. The van der Waals surface area contributed by atoms with Crippen LogP contribution >= 0.6 is 43.6 Å². The number of para-hydroxylation sites is 1. The highest BCUT2D eigenvalue weighted by Crippen LogP contribution is 2.39. The van der Waals surface area contributed by atoms with Crippen molar-refractivity contribution in [1.82, 2.24) is 4.90 Å². The number of benzene rings is 4. The molecule has 41 heavy (non-hydrogen) atoms. The number of hydrogen-bond acceptors (Lipinski definition) is 5. The summed E-state index contributed by atoms with van der Waals surface area (Å²) in [4.78, 5) is 31.8. The number of nitrogens with zero attached hydrogens (tertiary/aromatic N) is 2. The first-order chi connectivity index (χ1) is 19.8. The Kier molecular flexibility index (Phi) is 9.07. The number of carbonyl (C=O) groups excluding carboxylic acids is 1. The summed E-state index contributed by atoms with van der Waals surface area (Å²) in [5.41, 5.74) is 4.78. The zero-order valence-corrected chi connectivity index (χ0v) is 25.9. The number of amides is 1. The zero-order valence-electron chi connectivity index (χ0n) is 21.9. The maximum Gasteiger partial charge on any atom is 0.335 e. The van der Waals surface area contributed by atoms with Gasteiger partial charge in [-0.1, -0.05) is 60.2 Å². The lowest BCUT2D eigenvalue weighted by atomic mass is 10.1. The van der Waals surface area contributed by atoms with E-state index in [-0.39, 0.29) is 18.0 Å². The molecule has 4 aromatic carbocycles. The SMILES string of the molecule is Cc1cccc(COc2c(Br)cc(/C=C3\SC(=Nc4ccccc4)N(Cc4ccc(C(=O)O)cc4)C3=O)cc2Br)c1. The van der Waals surface area contributed by atoms with E-state index in [9.17, 15) is 14.7 Å². The van der Waals surface area contributed by atoms with Crippen LogP contribution in [-0.2, 0) is 17.9 Å². The van der Waals surface area contributed by atoms with Crippen molar-refractivity contribution in [3.05, 3.63) is 133 Å². The van der Waals surface area contributed by atoms with Crippen molar-refractivity contribution in [3.63, 3.8) is 0 Å². The molecule has 1 aliphatic heterocycles. The largest absolute Gasteiger partial charge is 0.487 e. The van der Waals surface area contributed by atoms with Gasteiger partial charge in [0.25, 0.3) is 5.91 Å². The first-order valence-electron chi connectivity index (χ1n) is 12.6. The maximum absolute atomic E-state index is 13.6. The van der Waals surface area contributed by atoms with Crippen LogP contribution in [0.25, 0.3) is 6.08 Å². The summed E-state index contributed by atoms with van der Waals surface area (Å²) < 4.78 is 7.61. The third-order valence-electron chi connectivity index (χ3n) is 6.19. The highest BCUT2D eigenvalue weighted by atomic mass is 79.9. The number of hydrogen-bond donors (Lipinski definition) is 1. The van der Waals surface area contributed by atoms with Crippen LogP contribution < -0.4 is 4.74 Å². The molecule has 0 unspecified atom stereocenters. The van der Waals surface area contributed by atoms with E-state index in [0.717, 1.165) is 31.3 Å². The molecule has 0 atom stereocenters. The van der Waals surface area contributed by atoms with Crippen molar-refractivity contribution in [2.75, 3.05) is 0 Å². The molecule has 0 aromatic heterocycles. The molecule has 1 amide bonds. The summed E-state index contributed by atoms with van der Waals surface area (Å²) in [5, 5.41) is 9.77. The van der Waals surface area contributed by atoms with Gasteiger partial charge in [-0.05, 0) is 110 Å². The Morgan fingerprint density at radius 3 is 2.32 bits per heavy atom. The van der Waals surface area contributed by atoms with Crippen molar-refractivity contribution in [2.24, 2.45) is 4.99 Å². The smallest absolute Gasteiger partial charge is 0.335 e. The zero-order chi connectivity index (χ0) is 28.9. The summed E-state index contributed by atoms with van der Waals surface area (Å²) in [6.07, 6.45) is 1.83. The van der Waals surface area contributed by atoms with Crippen LogP contribution in [0.3, 0.4) is 0 Å². The van der Waals surface area contributed by atoms with Crippen LogP contribution in [0.1, 0.15) is 32.6 Å². The number of rotatable bonds is 8. The summed E-state index contributed by atoms with van der Waals surface area (Å²) in [6, 6.07) is 28.0. The molecule has 1 heterocycles. The van der Waals surface area contributed by atoms with Crippen LogP contribution in [-0.4, -0.2) is 27.1 Å². The van der Waals surface area contributed by atoms with Gasteiger partial charge >= 0.3 is 5.97 Å². The van der Waals surface area contributed by atoms with Gasteiger partial charge in [-0.25, -0.2) is 9.79 Å². The summed E-state index contributed by atoms with van der Waals surface area (Å²) in [5.74, 6) is -0.499. The minimum absolute atomic E-state index is 0.181. The van der Waals surface area contributed by atoms with Gasteiger partial charge in [-0.2, -0.15) is 0 Å². The molecule has 1 N–H and O–H groups in total. The standard InChI is InChI=1S/C32H24Br2N2O4S/c1-20-6-5-7-22(14-20)19-40-29-26(33)15-23(16-27(29)34)17-28-30(37)36(18-21-10-12-24(13-11-21)31(38)39)32(41-28)35-25-8-3-2-4-9-25/h2-17H,18-19H2,1H3,(H,38,39)/b28-17-,35-32?. The summed E-state index contributed by atoms with van der Waals surface area (Å²) in [6.45, 7) is 2.73. The average Bonchev–Trinajstić information content (AvgIpc) is 3.22. The molecular formula is C32H24Br2N2O4S. The lowest BCUT2D eigenvalue weighted by Crippen LogP contribution is -2.28. The number of carboxylic acid groups (broad SMARTS) is 1. The number of amidine groups is 1. The third-order valence-corrected chi connectivity index (χ3v) is 8.38. The number of aryl methyl sites for hydroxylation is 1. The maximum atomic E-state index is 13.6. The van der Waals surface area contributed by atoms with Crippen molar-refractivity contribution in [2.45, 2.75) is 20.1 Å². The first kappa shape index (κ1) is 28.9. The third kappa shape index (κ3) is 7.16. The Hall–Kier alpha value is -3.66. The van der Waals surface area contributed by atoms with Crippen LogP contribution in [0, 0.1) is 6.92 Å². The second-order valence-corrected chi connectivity index (χ2v) is 12.0. The minimum Gasteiger partial charge on any atom is -0.487 e. The minimum atomic E-state index is -0.996. The Balaban J connectivity index is 1.41. The van der Waals surface area contributed by atoms with E-state index < -0.39 is 5.97 Å². The van der Waals surface area contributed by atoms with Crippen molar-refractivity contribution in [1.29, 1.82) is 0 Å². The summed E-state index contributed by atoms with van der Waals surface area (Å²) in [7, 11) is 0. The van der Waals surface area contributed by atoms with E-state index in [0.29, 0.717) is 22.4 Å². The normalized spacial score (nSPS) is 15.1. The number of ether oxygens (including phenoxy) is 1. The summed E-state index contributed by atoms with van der Waals surface area (Å²) >= 11 is 8.55. The van der Waals surface area contributed by atoms with Gasteiger partial charge in [0, 0.05) is 0 Å². The fourth-order valence-electron chi connectivity index (χ4n) is 4.19.